The average Bonchev–Trinajstić information content (AvgIpc) is 2.52. The number of nitrogens with zero attached hydrogens (tertiary/aromatic N) is 1. The molecule has 1 saturated heterocycles. The van der Waals surface area contributed by atoms with E-state index in [9.17, 15) is 0 Å². The molecule has 124 valence electrons. The van der Waals surface area contributed by atoms with Crippen LogP contribution in [0.1, 0.15) is 46.1 Å². The molecular formula is C19H32N2O. The summed E-state index contributed by atoms with van der Waals surface area (Å²) in [5.41, 5.74) is 1.23. The smallest absolute Gasteiger partial charge is 0.0956 e. The molecule has 2 rings (SSSR count). The Balaban J connectivity index is 2.02. The first kappa shape index (κ1) is 17.5. The standard InChI is InChI=1S/C19H32N2O/c1-16(2)21(17(3)4)14-15-22-19(10-12-20-13-11-19)18-8-6-5-7-9-18/h5-9,16-17,20H,10-15H2,1-4H3. The van der Waals surface area contributed by atoms with Gasteiger partial charge in [-0.25, -0.2) is 0 Å². The number of rotatable bonds is 7. The molecule has 0 unspecified atom stereocenters. The highest BCUT2D eigenvalue weighted by molar-refractivity contribution is 5.23. The summed E-state index contributed by atoms with van der Waals surface area (Å²) in [6.07, 6.45) is 2.11. The molecule has 1 aromatic carbocycles. The summed E-state index contributed by atoms with van der Waals surface area (Å²) in [5, 5.41) is 3.45. The Morgan fingerprint density at radius 3 is 2.18 bits per heavy atom. The lowest BCUT2D eigenvalue weighted by molar-refractivity contribution is -0.0805. The number of hydrogen-bond donors (Lipinski definition) is 1. The number of ether oxygens (including phenoxy) is 1. The SMILES string of the molecule is CC(C)N(CCOC1(c2ccccc2)CCNCC1)C(C)C. The lowest BCUT2D eigenvalue weighted by Gasteiger charge is -2.39. The molecule has 1 N–H and O–H groups in total. The van der Waals surface area contributed by atoms with Crippen LogP contribution >= 0.6 is 0 Å². The summed E-state index contributed by atoms with van der Waals surface area (Å²) in [5.74, 6) is 0. The molecule has 22 heavy (non-hydrogen) atoms. The zero-order valence-electron chi connectivity index (χ0n) is 14.6. The molecule has 0 amide bonds. The van der Waals surface area contributed by atoms with Gasteiger partial charge in [0.2, 0.25) is 0 Å². The van der Waals surface area contributed by atoms with Gasteiger partial charge in [0.1, 0.15) is 0 Å². The van der Waals surface area contributed by atoms with Crippen molar-refractivity contribution in [2.75, 3.05) is 26.2 Å². The highest BCUT2D eigenvalue weighted by atomic mass is 16.5. The Kier molecular flexibility index (Phi) is 6.42. The van der Waals surface area contributed by atoms with Gasteiger partial charge in [-0.3, -0.25) is 4.90 Å². The number of nitrogens with one attached hydrogen (secondary N) is 1. The molecule has 0 atom stereocenters. The van der Waals surface area contributed by atoms with Gasteiger partial charge < -0.3 is 10.1 Å². The highest BCUT2D eigenvalue weighted by Gasteiger charge is 2.34. The van der Waals surface area contributed by atoms with E-state index in [4.69, 9.17) is 4.74 Å². The predicted octanol–water partition coefficient (Wildman–Crippen LogP) is 3.40. The minimum atomic E-state index is -0.105. The van der Waals surface area contributed by atoms with E-state index in [1.54, 1.807) is 0 Å². The minimum absolute atomic E-state index is 0.105. The number of benzene rings is 1. The fourth-order valence-corrected chi connectivity index (χ4v) is 3.55. The highest BCUT2D eigenvalue weighted by Crippen LogP contribution is 2.34. The molecule has 0 aromatic heterocycles. The van der Waals surface area contributed by atoms with Crippen LogP contribution in [-0.4, -0.2) is 43.2 Å². The third kappa shape index (κ3) is 4.31. The lowest BCUT2D eigenvalue weighted by Crippen LogP contribution is -2.44. The van der Waals surface area contributed by atoms with Crippen molar-refractivity contribution >= 4 is 0 Å². The molecule has 1 aliphatic heterocycles. The number of hydrogen-bond acceptors (Lipinski definition) is 3. The van der Waals surface area contributed by atoms with Crippen LogP contribution in [-0.2, 0) is 10.3 Å². The molecule has 3 nitrogen and oxygen atoms in total. The summed E-state index contributed by atoms with van der Waals surface area (Å²) < 4.78 is 6.51. The van der Waals surface area contributed by atoms with Gasteiger partial charge in [0.15, 0.2) is 0 Å². The van der Waals surface area contributed by atoms with E-state index in [0.29, 0.717) is 12.1 Å². The fourth-order valence-electron chi connectivity index (χ4n) is 3.55. The van der Waals surface area contributed by atoms with Crippen molar-refractivity contribution in [1.82, 2.24) is 10.2 Å². The normalized spacial score (nSPS) is 18.3. The molecule has 1 fully saturated rings. The maximum Gasteiger partial charge on any atom is 0.0956 e. The molecule has 1 aromatic rings. The Hall–Kier alpha value is -0.900. The van der Waals surface area contributed by atoms with Gasteiger partial charge in [0, 0.05) is 18.6 Å². The van der Waals surface area contributed by atoms with Crippen LogP contribution in [0.25, 0.3) is 0 Å². The first-order chi connectivity index (χ1) is 10.6. The van der Waals surface area contributed by atoms with Gasteiger partial charge in [-0.2, -0.15) is 0 Å². The fraction of sp³-hybridized carbons (Fsp3) is 0.684. The molecule has 0 saturated carbocycles. The van der Waals surface area contributed by atoms with Crippen LogP contribution in [0.5, 0.6) is 0 Å². The second kappa shape index (κ2) is 8.09. The van der Waals surface area contributed by atoms with Gasteiger partial charge in [-0.1, -0.05) is 30.3 Å². The van der Waals surface area contributed by atoms with Crippen molar-refractivity contribution in [3.05, 3.63) is 35.9 Å². The molecule has 0 bridgehead atoms. The Morgan fingerprint density at radius 2 is 1.64 bits per heavy atom. The van der Waals surface area contributed by atoms with E-state index in [-0.39, 0.29) is 5.60 Å². The first-order valence-corrected chi connectivity index (χ1v) is 8.71. The second-order valence-corrected chi connectivity index (χ2v) is 6.88. The molecule has 1 aliphatic rings. The van der Waals surface area contributed by atoms with Gasteiger partial charge in [-0.15, -0.1) is 0 Å². The maximum atomic E-state index is 6.51. The largest absolute Gasteiger partial charge is 0.369 e. The van der Waals surface area contributed by atoms with Gasteiger partial charge in [-0.05, 0) is 59.2 Å². The summed E-state index contributed by atoms with van der Waals surface area (Å²) in [4.78, 5) is 2.50. The molecule has 0 radical (unpaired) electrons. The van der Waals surface area contributed by atoms with E-state index in [1.807, 2.05) is 0 Å². The van der Waals surface area contributed by atoms with Gasteiger partial charge in [0.25, 0.3) is 0 Å². The molecule has 0 aliphatic carbocycles. The molecular weight excluding hydrogens is 272 g/mol. The monoisotopic (exact) mass is 304 g/mol. The summed E-state index contributed by atoms with van der Waals surface area (Å²) in [7, 11) is 0. The lowest BCUT2D eigenvalue weighted by atomic mass is 9.85. The van der Waals surface area contributed by atoms with E-state index >= 15 is 0 Å². The number of piperidine rings is 1. The zero-order valence-corrected chi connectivity index (χ0v) is 14.6. The van der Waals surface area contributed by atoms with E-state index < -0.39 is 0 Å². The van der Waals surface area contributed by atoms with Crippen molar-refractivity contribution in [1.29, 1.82) is 0 Å². The average molecular weight is 304 g/mol. The van der Waals surface area contributed by atoms with Gasteiger partial charge in [0.05, 0.1) is 12.2 Å². The Morgan fingerprint density at radius 1 is 1.05 bits per heavy atom. The zero-order chi connectivity index (χ0) is 16.0. The van der Waals surface area contributed by atoms with E-state index in [1.165, 1.54) is 5.56 Å². The predicted molar refractivity (Wildman–Crippen MR) is 93.2 cm³/mol. The van der Waals surface area contributed by atoms with Crippen LogP contribution < -0.4 is 5.32 Å². The van der Waals surface area contributed by atoms with Crippen LogP contribution in [0.3, 0.4) is 0 Å². The Bertz CT molecular complexity index is 416. The summed E-state index contributed by atoms with van der Waals surface area (Å²) >= 11 is 0. The third-order valence-electron chi connectivity index (χ3n) is 4.77. The summed E-state index contributed by atoms with van der Waals surface area (Å²) in [6, 6.07) is 11.9. The van der Waals surface area contributed by atoms with Crippen LogP contribution in [0, 0.1) is 0 Å². The van der Waals surface area contributed by atoms with Crippen LogP contribution in [0.2, 0.25) is 0 Å². The third-order valence-corrected chi connectivity index (χ3v) is 4.77. The maximum absolute atomic E-state index is 6.51. The quantitative estimate of drug-likeness (QED) is 0.835. The summed E-state index contributed by atoms with van der Waals surface area (Å²) in [6.45, 7) is 12.9. The van der Waals surface area contributed by atoms with E-state index in [0.717, 1.165) is 39.1 Å². The van der Waals surface area contributed by atoms with Crippen LogP contribution in [0.4, 0.5) is 0 Å². The minimum Gasteiger partial charge on any atom is -0.369 e. The van der Waals surface area contributed by atoms with Crippen molar-refractivity contribution in [3.63, 3.8) is 0 Å². The van der Waals surface area contributed by atoms with Gasteiger partial charge >= 0.3 is 0 Å². The first-order valence-electron chi connectivity index (χ1n) is 8.71. The van der Waals surface area contributed by atoms with Crippen molar-refractivity contribution in [3.8, 4) is 0 Å². The Labute approximate surface area is 136 Å². The second-order valence-electron chi connectivity index (χ2n) is 6.88. The van der Waals surface area contributed by atoms with Crippen molar-refractivity contribution in [2.24, 2.45) is 0 Å². The van der Waals surface area contributed by atoms with E-state index in [2.05, 4.69) is 68.2 Å². The van der Waals surface area contributed by atoms with Crippen molar-refractivity contribution < 1.29 is 4.74 Å². The molecule has 3 heteroatoms. The van der Waals surface area contributed by atoms with Crippen molar-refractivity contribution in [2.45, 2.75) is 58.2 Å². The van der Waals surface area contributed by atoms with Crippen LogP contribution in [0.15, 0.2) is 30.3 Å². The molecule has 1 heterocycles. The molecule has 0 spiro atoms. The topological polar surface area (TPSA) is 24.5 Å².